The predicted octanol–water partition coefficient (Wildman–Crippen LogP) is 3.36. The molecule has 0 aliphatic carbocycles. The van der Waals surface area contributed by atoms with E-state index < -0.39 is 37.5 Å². The Kier molecular flexibility index (Phi) is 7.40. The molecular formula is C27H36F3N7O3S. The summed E-state index contributed by atoms with van der Waals surface area (Å²) >= 11 is 0. The van der Waals surface area contributed by atoms with Gasteiger partial charge in [-0.1, -0.05) is 6.07 Å². The number of guanidine groups is 1. The van der Waals surface area contributed by atoms with E-state index in [2.05, 4.69) is 32.7 Å². The second kappa shape index (κ2) is 10.3. The molecule has 3 aliphatic rings. The molecule has 10 nitrogen and oxygen atoms in total. The lowest BCUT2D eigenvalue weighted by Crippen LogP contribution is -2.49. The molecule has 1 fully saturated rings. The van der Waals surface area contributed by atoms with Crippen LogP contribution in [-0.2, 0) is 29.0 Å². The number of likely N-dealkylation sites (tertiary alicyclic amines) is 1. The van der Waals surface area contributed by atoms with E-state index in [0.29, 0.717) is 23.6 Å². The number of fused-ring (bicyclic) bond motifs is 1. The van der Waals surface area contributed by atoms with E-state index in [0.717, 1.165) is 42.6 Å². The number of sulfone groups is 1. The van der Waals surface area contributed by atoms with Gasteiger partial charge in [0, 0.05) is 31.4 Å². The zero-order chi connectivity index (χ0) is 29.9. The largest absolute Gasteiger partial charge is 0.488 e. The maximum Gasteiger partial charge on any atom is 0.418 e. The molecule has 3 aliphatic heterocycles. The van der Waals surface area contributed by atoms with Gasteiger partial charge >= 0.3 is 6.18 Å². The normalized spacial score (nSPS) is 24.0. The third-order valence-electron chi connectivity index (χ3n) is 7.97. The number of anilines is 1. The Morgan fingerprint density at radius 3 is 2.54 bits per heavy atom. The number of aliphatic imine (C=N–C) groups is 1. The highest BCUT2D eigenvalue weighted by Gasteiger charge is 2.52. The van der Waals surface area contributed by atoms with Crippen LogP contribution in [0.4, 0.5) is 18.9 Å². The van der Waals surface area contributed by atoms with E-state index in [1.54, 1.807) is 0 Å². The smallest absolute Gasteiger partial charge is 0.418 e. The number of aromatic nitrogens is 2. The van der Waals surface area contributed by atoms with Gasteiger partial charge in [0.15, 0.2) is 20.5 Å². The van der Waals surface area contributed by atoms with Crippen LogP contribution >= 0.6 is 0 Å². The van der Waals surface area contributed by atoms with Gasteiger partial charge in [0.25, 0.3) is 0 Å². The lowest BCUT2D eigenvalue weighted by molar-refractivity contribution is -0.102. The lowest BCUT2D eigenvalue weighted by Gasteiger charge is -2.34. The van der Waals surface area contributed by atoms with E-state index in [1.807, 2.05) is 19.1 Å². The Morgan fingerprint density at radius 2 is 1.90 bits per heavy atom. The van der Waals surface area contributed by atoms with Gasteiger partial charge in [-0.2, -0.15) is 18.3 Å². The summed E-state index contributed by atoms with van der Waals surface area (Å²) in [7, 11) is -0.564. The second-order valence-electron chi connectivity index (χ2n) is 11.4. The number of aryl methyl sites for hydroxylation is 1. The third kappa shape index (κ3) is 5.32. The van der Waals surface area contributed by atoms with Gasteiger partial charge in [0.2, 0.25) is 5.96 Å². The van der Waals surface area contributed by atoms with E-state index in [4.69, 9.17) is 10.5 Å². The molecule has 14 heteroatoms. The van der Waals surface area contributed by atoms with Crippen LogP contribution < -0.4 is 21.1 Å². The highest BCUT2D eigenvalue weighted by atomic mass is 32.2. The number of nitrogens with one attached hydrogen (secondary N) is 2. The van der Waals surface area contributed by atoms with Crippen molar-refractivity contribution < 1.29 is 26.3 Å². The van der Waals surface area contributed by atoms with E-state index >= 15 is 0 Å². The van der Waals surface area contributed by atoms with Crippen LogP contribution in [0.25, 0.3) is 0 Å². The summed E-state index contributed by atoms with van der Waals surface area (Å²) < 4.78 is 76.2. The average molecular weight is 596 g/mol. The molecular weight excluding hydrogens is 559 g/mol. The average Bonchev–Trinajstić information content (AvgIpc) is 3.47. The van der Waals surface area contributed by atoms with Gasteiger partial charge in [-0.25, -0.2) is 13.4 Å². The number of rotatable bonds is 5. The standard InChI is InChI=1S/C27H36F3N7O3S/c1-15(2)41(38,39)24-20(14-37(5)35-24)26(31)22(27(28,29)30)13-32-25(34-26)33-21-7-6-18(17-8-10-36(4)11-9-17)19-12-16(3)40-23(19)21/h6-7,13-17H,8-12,31H2,1-5H3,(H2,32,33,34). The van der Waals surface area contributed by atoms with Gasteiger partial charge in [-0.3, -0.25) is 10.4 Å². The molecule has 0 spiro atoms. The maximum absolute atomic E-state index is 14.3. The van der Waals surface area contributed by atoms with Crippen molar-refractivity contribution in [1.82, 2.24) is 20.0 Å². The molecule has 4 heterocycles. The summed E-state index contributed by atoms with van der Waals surface area (Å²) in [6, 6.07) is 3.89. The summed E-state index contributed by atoms with van der Waals surface area (Å²) in [5.74, 6) is 0.944. The molecule has 5 rings (SSSR count). The first-order valence-corrected chi connectivity index (χ1v) is 15.1. The Bertz CT molecular complexity index is 1510. The quantitative estimate of drug-likeness (QED) is 0.481. The van der Waals surface area contributed by atoms with Gasteiger partial charge < -0.3 is 20.3 Å². The number of halogens is 3. The zero-order valence-corrected chi connectivity index (χ0v) is 24.5. The Balaban J connectivity index is 1.56. The number of ether oxygens (including phenoxy) is 1. The van der Waals surface area contributed by atoms with Crippen molar-refractivity contribution in [3.63, 3.8) is 0 Å². The van der Waals surface area contributed by atoms with Gasteiger partial charge in [0.05, 0.1) is 22.1 Å². The topological polar surface area (TPSA) is 127 Å². The molecule has 0 saturated carbocycles. The number of nitrogens with two attached hydrogens (primary N) is 1. The summed E-state index contributed by atoms with van der Waals surface area (Å²) in [4.78, 5) is 6.55. The number of alkyl halides is 3. The SMILES string of the molecule is CC1Cc2c(C3CCN(C)CC3)ccc(NC3=NC(N)(c4cn(C)nc4S(=O)(=O)C(C)C)C(C(F)(F)F)=CN3)c2O1. The highest BCUT2D eigenvalue weighted by Crippen LogP contribution is 2.45. The van der Waals surface area contributed by atoms with E-state index in [-0.39, 0.29) is 17.6 Å². The maximum atomic E-state index is 14.3. The summed E-state index contributed by atoms with van der Waals surface area (Å²) in [6.45, 7) is 6.83. The Labute approximate surface area is 237 Å². The van der Waals surface area contributed by atoms with Crippen molar-refractivity contribution >= 4 is 21.5 Å². The molecule has 0 amide bonds. The minimum Gasteiger partial charge on any atom is -0.488 e. The van der Waals surface area contributed by atoms with Crippen LogP contribution in [0.3, 0.4) is 0 Å². The van der Waals surface area contributed by atoms with Gasteiger partial charge in [-0.15, -0.1) is 0 Å². The minimum atomic E-state index is -4.92. The van der Waals surface area contributed by atoms with Crippen LogP contribution in [-0.4, -0.2) is 66.7 Å². The van der Waals surface area contributed by atoms with Crippen molar-refractivity contribution in [3.05, 3.63) is 46.8 Å². The summed E-state index contributed by atoms with van der Waals surface area (Å²) in [5.41, 5.74) is 5.04. The molecule has 2 unspecified atom stereocenters. The van der Waals surface area contributed by atoms with Gasteiger partial charge in [-0.05, 0) is 71.3 Å². The van der Waals surface area contributed by atoms with Crippen molar-refractivity contribution in [3.8, 4) is 5.75 Å². The molecule has 0 radical (unpaired) electrons. The number of hydrogen-bond acceptors (Lipinski definition) is 9. The summed E-state index contributed by atoms with van der Waals surface area (Å²) in [6.07, 6.45) is -0.315. The fraction of sp³-hybridized carbons (Fsp3) is 0.556. The molecule has 4 N–H and O–H groups in total. The second-order valence-corrected chi connectivity index (χ2v) is 13.8. The first-order chi connectivity index (χ1) is 19.1. The monoisotopic (exact) mass is 595 g/mol. The fourth-order valence-corrected chi connectivity index (χ4v) is 6.90. The first-order valence-electron chi connectivity index (χ1n) is 13.6. The van der Waals surface area contributed by atoms with Crippen LogP contribution in [0.15, 0.2) is 40.1 Å². The van der Waals surface area contributed by atoms with Crippen LogP contribution in [0, 0.1) is 0 Å². The summed E-state index contributed by atoms with van der Waals surface area (Å²) in [5, 5.41) is 8.12. The minimum absolute atomic E-state index is 0.0660. The van der Waals surface area contributed by atoms with Crippen molar-refractivity contribution in [2.75, 3.05) is 25.5 Å². The van der Waals surface area contributed by atoms with E-state index in [9.17, 15) is 21.6 Å². The molecule has 41 heavy (non-hydrogen) atoms. The highest BCUT2D eigenvalue weighted by molar-refractivity contribution is 7.92. The van der Waals surface area contributed by atoms with Crippen molar-refractivity contribution in [2.24, 2.45) is 17.8 Å². The van der Waals surface area contributed by atoms with Crippen molar-refractivity contribution in [1.29, 1.82) is 0 Å². The lowest BCUT2D eigenvalue weighted by atomic mass is 9.85. The fourth-order valence-electron chi connectivity index (χ4n) is 5.70. The molecule has 2 aromatic rings. The Hall–Kier alpha value is -3.10. The molecule has 1 saturated heterocycles. The van der Waals surface area contributed by atoms with Crippen LogP contribution in [0.5, 0.6) is 5.75 Å². The number of hydrogen-bond donors (Lipinski definition) is 3. The van der Waals surface area contributed by atoms with E-state index in [1.165, 1.54) is 32.7 Å². The molecule has 0 bridgehead atoms. The first kappa shape index (κ1) is 29.4. The van der Waals surface area contributed by atoms with Crippen LogP contribution in [0.1, 0.15) is 56.2 Å². The number of benzene rings is 1. The van der Waals surface area contributed by atoms with Crippen molar-refractivity contribution in [2.45, 2.75) is 74.2 Å². The Morgan fingerprint density at radius 1 is 1.22 bits per heavy atom. The predicted molar refractivity (Wildman–Crippen MR) is 149 cm³/mol. The number of nitrogens with zero attached hydrogens (tertiary/aromatic N) is 4. The zero-order valence-electron chi connectivity index (χ0n) is 23.7. The molecule has 1 aromatic heterocycles. The number of piperidine rings is 1. The van der Waals surface area contributed by atoms with Crippen LogP contribution in [0.2, 0.25) is 0 Å². The van der Waals surface area contributed by atoms with Gasteiger partial charge in [0.1, 0.15) is 11.9 Å². The third-order valence-corrected chi connectivity index (χ3v) is 10.1. The molecule has 224 valence electrons. The molecule has 2 atom stereocenters. The molecule has 1 aromatic carbocycles.